The van der Waals surface area contributed by atoms with Gasteiger partial charge in [-0.15, -0.1) is 0 Å². The average Bonchev–Trinajstić information content (AvgIpc) is 2.77. The zero-order valence-corrected chi connectivity index (χ0v) is 19.8. The summed E-state index contributed by atoms with van der Waals surface area (Å²) in [5, 5.41) is 4.69. The minimum atomic E-state index is -0.828. The fourth-order valence-electron chi connectivity index (χ4n) is 2.45. The van der Waals surface area contributed by atoms with Gasteiger partial charge in [0, 0.05) is 9.50 Å². The summed E-state index contributed by atoms with van der Waals surface area (Å²) in [4.78, 5) is 24.3. The lowest BCUT2D eigenvalue weighted by Gasteiger charge is -2.14. The Balaban J connectivity index is 1.51. The van der Waals surface area contributed by atoms with E-state index in [2.05, 4.69) is 26.5 Å². The molecule has 0 radical (unpaired) electrons. The van der Waals surface area contributed by atoms with E-state index in [0.29, 0.717) is 32.7 Å². The summed E-state index contributed by atoms with van der Waals surface area (Å²) in [5.74, 6) is -0.176. The molecule has 9 heteroatoms. The lowest BCUT2D eigenvalue weighted by Crippen LogP contribution is -2.33. The van der Waals surface area contributed by atoms with E-state index < -0.39 is 18.0 Å². The molecule has 0 aliphatic rings. The van der Waals surface area contributed by atoms with E-state index in [0.717, 1.165) is 4.47 Å². The number of carbonyl (C=O) groups excluding carboxylic acids is 2. The van der Waals surface area contributed by atoms with Crippen LogP contribution in [0.2, 0.25) is 10.0 Å². The number of ether oxygens (including phenoxy) is 2. The molecule has 32 heavy (non-hydrogen) atoms. The standard InChI is InChI=1S/C23H17BrCl2N2O4/c1-14(31-21-11-8-18(25)12-20(21)26)22(29)28-27-13-15-2-9-19(10-3-15)32-23(30)16-4-6-17(24)7-5-16/h2-14H,1H3,(H,28,29). The number of hydrogen-bond donors (Lipinski definition) is 1. The van der Waals surface area contributed by atoms with Crippen molar-refractivity contribution in [3.63, 3.8) is 0 Å². The van der Waals surface area contributed by atoms with Crippen LogP contribution in [0.15, 0.2) is 76.3 Å². The van der Waals surface area contributed by atoms with Gasteiger partial charge >= 0.3 is 5.97 Å². The topological polar surface area (TPSA) is 77.0 Å². The molecule has 0 aromatic heterocycles. The maximum Gasteiger partial charge on any atom is 0.343 e. The largest absolute Gasteiger partial charge is 0.479 e. The van der Waals surface area contributed by atoms with Crippen LogP contribution in [-0.4, -0.2) is 24.2 Å². The molecular formula is C23H17BrCl2N2O4. The number of rotatable bonds is 7. The number of hydrogen-bond acceptors (Lipinski definition) is 5. The minimum absolute atomic E-state index is 0.307. The van der Waals surface area contributed by atoms with E-state index >= 15 is 0 Å². The van der Waals surface area contributed by atoms with Gasteiger partial charge in [0.15, 0.2) is 6.10 Å². The highest BCUT2D eigenvalue weighted by atomic mass is 79.9. The van der Waals surface area contributed by atoms with Crippen molar-refractivity contribution >= 4 is 57.2 Å². The second kappa shape index (κ2) is 11.1. The lowest BCUT2D eigenvalue weighted by atomic mass is 10.2. The van der Waals surface area contributed by atoms with Crippen molar-refractivity contribution in [1.29, 1.82) is 0 Å². The predicted octanol–water partition coefficient (Wildman–Crippen LogP) is 5.89. The normalized spacial score (nSPS) is 11.8. The highest BCUT2D eigenvalue weighted by Gasteiger charge is 2.15. The molecule has 3 aromatic carbocycles. The first-order valence-electron chi connectivity index (χ1n) is 9.34. The summed E-state index contributed by atoms with van der Waals surface area (Å²) < 4.78 is 11.7. The Kier molecular flexibility index (Phi) is 8.27. The van der Waals surface area contributed by atoms with Crippen molar-refractivity contribution in [2.45, 2.75) is 13.0 Å². The summed E-state index contributed by atoms with van der Waals surface area (Å²) in [6.07, 6.45) is 0.631. The van der Waals surface area contributed by atoms with Crippen LogP contribution in [0, 0.1) is 0 Å². The Labute approximate surface area is 203 Å². The number of nitrogens with one attached hydrogen (secondary N) is 1. The molecule has 0 aliphatic carbocycles. The van der Waals surface area contributed by atoms with Crippen LogP contribution in [0.5, 0.6) is 11.5 Å². The first kappa shape index (κ1) is 23.8. The van der Waals surface area contributed by atoms with Gasteiger partial charge in [0.2, 0.25) is 0 Å². The third-order valence-electron chi connectivity index (χ3n) is 4.13. The highest BCUT2D eigenvalue weighted by molar-refractivity contribution is 9.10. The third-order valence-corrected chi connectivity index (χ3v) is 5.18. The molecule has 0 saturated carbocycles. The predicted molar refractivity (Wildman–Crippen MR) is 128 cm³/mol. The molecule has 164 valence electrons. The second-order valence-corrected chi connectivity index (χ2v) is 8.29. The van der Waals surface area contributed by atoms with E-state index in [1.807, 2.05) is 0 Å². The number of hydrazone groups is 1. The van der Waals surface area contributed by atoms with Gasteiger partial charge in [0.1, 0.15) is 11.5 Å². The van der Waals surface area contributed by atoms with Crippen LogP contribution >= 0.6 is 39.1 Å². The van der Waals surface area contributed by atoms with Crippen molar-refractivity contribution in [2.24, 2.45) is 5.10 Å². The van der Waals surface area contributed by atoms with Crippen LogP contribution in [0.25, 0.3) is 0 Å². The Morgan fingerprint density at radius 1 is 1.03 bits per heavy atom. The fraction of sp³-hybridized carbons (Fsp3) is 0.0870. The number of nitrogens with zero attached hydrogens (tertiary/aromatic N) is 1. The van der Waals surface area contributed by atoms with Gasteiger partial charge in [0.25, 0.3) is 5.91 Å². The van der Waals surface area contributed by atoms with Crippen molar-refractivity contribution in [3.8, 4) is 11.5 Å². The molecule has 6 nitrogen and oxygen atoms in total. The number of amides is 1. The van der Waals surface area contributed by atoms with E-state index in [1.54, 1.807) is 67.6 Å². The van der Waals surface area contributed by atoms with E-state index in [4.69, 9.17) is 32.7 Å². The van der Waals surface area contributed by atoms with Crippen LogP contribution in [0.3, 0.4) is 0 Å². The van der Waals surface area contributed by atoms with E-state index in [1.165, 1.54) is 12.3 Å². The molecule has 3 aromatic rings. The molecule has 1 atom stereocenters. The Hall–Kier alpha value is -2.87. The molecule has 0 fully saturated rings. The van der Waals surface area contributed by atoms with E-state index in [9.17, 15) is 9.59 Å². The first-order chi connectivity index (χ1) is 15.3. The Morgan fingerprint density at radius 3 is 2.38 bits per heavy atom. The summed E-state index contributed by atoms with van der Waals surface area (Å²) in [5.41, 5.74) is 3.54. The minimum Gasteiger partial charge on any atom is -0.479 e. The summed E-state index contributed by atoms with van der Waals surface area (Å²) >= 11 is 15.2. The Morgan fingerprint density at radius 2 is 1.72 bits per heavy atom. The summed E-state index contributed by atoms with van der Waals surface area (Å²) in [7, 11) is 0. The number of halogens is 3. The molecule has 1 N–H and O–H groups in total. The van der Waals surface area contributed by atoms with Gasteiger partial charge in [-0.1, -0.05) is 39.1 Å². The zero-order valence-electron chi connectivity index (χ0n) is 16.7. The van der Waals surface area contributed by atoms with Gasteiger partial charge in [0.05, 0.1) is 16.8 Å². The quantitative estimate of drug-likeness (QED) is 0.177. The molecule has 1 amide bonds. The van der Waals surface area contributed by atoms with E-state index in [-0.39, 0.29) is 0 Å². The van der Waals surface area contributed by atoms with Crippen LogP contribution in [0.4, 0.5) is 0 Å². The first-order valence-corrected chi connectivity index (χ1v) is 10.9. The van der Waals surface area contributed by atoms with Gasteiger partial charge in [-0.3, -0.25) is 4.79 Å². The van der Waals surface area contributed by atoms with Gasteiger partial charge in [-0.05, 0) is 79.2 Å². The molecular weight excluding hydrogens is 519 g/mol. The molecule has 0 saturated heterocycles. The zero-order chi connectivity index (χ0) is 23.1. The SMILES string of the molecule is CC(Oc1ccc(Cl)cc1Cl)C(=O)NN=Cc1ccc(OC(=O)c2ccc(Br)cc2)cc1. The molecule has 0 heterocycles. The highest BCUT2D eigenvalue weighted by Crippen LogP contribution is 2.28. The second-order valence-electron chi connectivity index (χ2n) is 6.53. The summed E-state index contributed by atoms with van der Waals surface area (Å²) in [6.45, 7) is 1.57. The van der Waals surface area contributed by atoms with Crippen molar-refractivity contribution < 1.29 is 19.1 Å². The Bertz CT molecular complexity index is 1140. The fourth-order valence-corrected chi connectivity index (χ4v) is 3.17. The van der Waals surface area contributed by atoms with Crippen molar-refractivity contribution in [2.75, 3.05) is 0 Å². The number of benzene rings is 3. The molecule has 0 aliphatic heterocycles. The van der Waals surface area contributed by atoms with Gasteiger partial charge in [-0.2, -0.15) is 5.10 Å². The van der Waals surface area contributed by atoms with Crippen molar-refractivity contribution in [1.82, 2.24) is 5.43 Å². The number of carbonyl (C=O) groups is 2. The third kappa shape index (κ3) is 6.82. The van der Waals surface area contributed by atoms with Gasteiger partial charge < -0.3 is 9.47 Å². The van der Waals surface area contributed by atoms with Crippen LogP contribution in [0.1, 0.15) is 22.8 Å². The maximum atomic E-state index is 12.2. The van der Waals surface area contributed by atoms with Crippen molar-refractivity contribution in [3.05, 3.63) is 92.4 Å². The van der Waals surface area contributed by atoms with Crippen LogP contribution < -0.4 is 14.9 Å². The smallest absolute Gasteiger partial charge is 0.343 e. The van der Waals surface area contributed by atoms with Gasteiger partial charge in [-0.25, -0.2) is 10.2 Å². The van der Waals surface area contributed by atoms with Crippen LogP contribution in [-0.2, 0) is 4.79 Å². The summed E-state index contributed by atoms with van der Waals surface area (Å²) in [6, 6.07) is 18.3. The molecule has 0 bridgehead atoms. The average molecular weight is 536 g/mol. The lowest BCUT2D eigenvalue weighted by molar-refractivity contribution is -0.127. The monoisotopic (exact) mass is 534 g/mol. The number of esters is 1. The molecule has 1 unspecified atom stereocenters. The molecule has 0 spiro atoms. The maximum absolute atomic E-state index is 12.2. The molecule has 3 rings (SSSR count).